The average molecular weight is 223 g/mol. The minimum absolute atomic E-state index is 0.116. The van der Waals surface area contributed by atoms with Crippen molar-refractivity contribution in [1.82, 2.24) is 4.90 Å². The summed E-state index contributed by atoms with van der Waals surface area (Å²) >= 11 is 0. The average Bonchev–Trinajstić information content (AvgIpc) is 2.72. The molecule has 0 unspecified atom stereocenters. The van der Waals surface area contributed by atoms with Gasteiger partial charge in [-0.3, -0.25) is 4.79 Å². The number of likely N-dealkylation sites (tertiary alicyclic amines) is 1. The van der Waals surface area contributed by atoms with Gasteiger partial charge in [-0.2, -0.15) is 13.2 Å². The second-order valence-electron chi connectivity index (χ2n) is 3.87. The fourth-order valence-electron chi connectivity index (χ4n) is 2.29. The summed E-state index contributed by atoms with van der Waals surface area (Å²) in [7, 11) is 0. The summed E-state index contributed by atoms with van der Waals surface area (Å²) in [6.45, 7) is -0.116. The number of carbonyl (C=O) groups is 2. The highest BCUT2D eigenvalue weighted by molar-refractivity contribution is 5.93. The van der Waals surface area contributed by atoms with Crippen LogP contribution in [-0.4, -0.2) is 40.1 Å². The minimum atomic E-state index is -4.99. The van der Waals surface area contributed by atoms with Gasteiger partial charge < -0.3 is 10.0 Å². The van der Waals surface area contributed by atoms with Crippen molar-refractivity contribution in [2.24, 2.45) is 5.92 Å². The first kappa shape index (κ1) is 10.3. The zero-order chi connectivity index (χ0) is 11.4. The number of carboxylic acids is 1. The van der Waals surface area contributed by atoms with Gasteiger partial charge in [-0.05, 0) is 18.8 Å². The van der Waals surface area contributed by atoms with Gasteiger partial charge in [0.1, 0.15) is 5.54 Å². The lowest BCUT2D eigenvalue weighted by atomic mass is 10.2. The van der Waals surface area contributed by atoms with E-state index in [1.807, 2.05) is 0 Å². The molecule has 84 valence electrons. The number of aliphatic carboxylic acids is 1. The van der Waals surface area contributed by atoms with Crippen molar-refractivity contribution in [1.29, 1.82) is 0 Å². The molecule has 2 fully saturated rings. The number of hydrogen-bond acceptors (Lipinski definition) is 2. The van der Waals surface area contributed by atoms with Crippen LogP contribution in [0.4, 0.5) is 13.2 Å². The number of piperidine rings is 1. The predicted octanol–water partition coefficient (Wildman–Crippen LogP) is 0.624. The van der Waals surface area contributed by atoms with Crippen LogP contribution in [0.1, 0.15) is 12.8 Å². The van der Waals surface area contributed by atoms with Gasteiger partial charge in [0, 0.05) is 6.54 Å². The highest BCUT2D eigenvalue weighted by Crippen LogP contribution is 2.56. The Kier molecular flexibility index (Phi) is 1.81. The molecule has 0 aromatic carbocycles. The largest absolute Gasteiger partial charge is 0.479 e. The number of rotatable bonds is 1. The van der Waals surface area contributed by atoms with Gasteiger partial charge in [-0.1, -0.05) is 0 Å². The summed E-state index contributed by atoms with van der Waals surface area (Å²) < 4.78 is 36.4. The number of carboxylic acid groups (broad SMARTS) is 1. The molecule has 2 atom stereocenters. The van der Waals surface area contributed by atoms with Gasteiger partial charge in [0.2, 0.25) is 0 Å². The number of nitrogens with zero attached hydrogens (tertiary/aromatic N) is 1. The molecule has 7 heteroatoms. The molecule has 0 spiro atoms. The first-order valence-corrected chi connectivity index (χ1v) is 4.42. The topological polar surface area (TPSA) is 57.6 Å². The molecule has 1 N–H and O–H groups in total. The van der Waals surface area contributed by atoms with Crippen LogP contribution >= 0.6 is 0 Å². The number of carbonyl (C=O) groups excluding carboxylic acids is 1. The summed E-state index contributed by atoms with van der Waals surface area (Å²) in [5, 5.41) is 8.84. The molecule has 0 radical (unpaired) electrons. The number of halogens is 3. The molecule has 1 saturated carbocycles. The summed E-state index contributed by atoms with van der Waals surface area (Å²) in [5.41, 5.74) is -1.56. The highest BCUT2D eigenvalue weighted by atomic mass is 19.4. The highest BCUT2D eigenvalue weighted by Gasteiger charge is 2.71. The Hall–Kier alpha value is -1.27. The molecule has 1 amide bonds. The van der Waals surface area contributed by atoms with E-state index in [0.29, 0.717) is 11.3 Å². The van der Waals surface area contributed by atoms with E-state index in [4.69, 9.17) is 5.11 Å². The van der Waals surface area contributed by atoms with E-state index in [-0.39, 0.29) is 18.9 Å². The van der Waals surface area contributed by atoms with Crippen LogP contribution in [0, 0.1) is 5.92 Å². The SMILES string of the molecule is O=C(N1CC[C@H]2C[C@]21C(=O)O)C(F)(F)F. The molecule has 1 aliphatic heterocycles. The van der Waals surface area contributed by atoms with Crippen molar-refractivity contribution < 1.29 is 27.9 Å². The fraction of sp³-hybridized carbons (Fsp3) is 0.750. The van der Waals surface area contributed by atoms with Gasteiger partial charge in [-0.15, -0.1) is 0 Å². The summed E-state index contributed by atoms with van der Waals surface area (Å²) in [6, 6.07) is 0. The van der Waals surface area contributed by atoms with E-state index in [0.717, 1.165) is 0 Å². The van der Waals surface area contributed by atoms with Gasteiger partial charge in [-0.25, -0.2) is 4.79 Å². The minimum Gasteiger partial charge on any atom is -0.479 e. The van der Waals surface area contributed by atoms with Crippen molar-refractivity contribution in [3.05, 3.63) is 0 Å². The Morgan fingerprint density at radius 1 is 1.40 bits per heavy atom. The molecule has 15 heavy (non-hydrogen) atoms. The first-order chi connectivity index (χ1) is 6.80. The molecule has 0 aromatic heterocycles. The van der Waals surface area contributed by atoms with E-state index < -0.39 is 23.6 Å². The van der Waals surface area contributed by atoms with Crippen LogP contribution in [0.5, 0.6) is 0 Å². The predicted molar refractivity (Wildman–Crippen MR) is 40.9 cm³/mol. The van der Waals surface area contributed by atoms with E-state index in [1.54, 1.807) is 0 Å². The normalized spacial score (nSPS) is 33.8. The van der Waals surface area contributed by atoms with Crippen molar-refractivity contribution >= 4 is 11.9 Å². The zero-order valence-corrected chi connectivity index (χ0v) is 7.54. The summed E-state index contributed by atoms with van der Waals surface area (Å²) in [6.07, 6.45) is -4.50. The Morgan fingerprint density at radius 2 is 2.00 bits per heavy atom. The van der Waals surface area contributed by atoms with Crippen LogP contribution in [0.25, 0.3) is 0 Å². The van der Waals surface area contributed by atoms with Crippen molar-refractivity contribution in [3.63, 3.8) is 0 Å². The lowest BCUT2D eigenvalue weighted by molar-refractivity contribution is -0.189. The zero-order valence-electron chi connectivity index (χ0n) is 7.54. The lowest BCUT2D eigenvalue weighted by Gasteiger charge is -2.25. The second kappa shape index (κ2) is 2.65. The van der Waals surface area contributed by atoms with Crippen LogP contribution in [0.15, 0.2) is 0 Å². The van der Waals surface area contributed by atoms with Crippen molar-refractivity contribution in [2.75, 3.05) is 6.54 Å². The standard InChI is InChI=1S/C8H8F3NO3/c9-8(10,11)5(13)12-2-1-4-3-7(4,12)6(14)15/h4H,1-3H2,(H,14,15)/t4-,7+/m0/s1. The van der Waals surface area contributed by atoms with Gasteiger partial charge >= 0.3 is 18.1 Å². The third-order valence-corrected chi connectivity index (χ3v) is 3.11. The van der Waals surface area contributed by atoms with Gasteiger partial charge in [0.15, 0.2) is 0 Å². The first-order valence-electron chi connectivity index (χ1n) is 4.42. The molecule has 2 rings (SSSR count). The summed E-state index contributed by atoms with van der Waals surface area (Å²) in [5.74, 6) is -3.67. The molecule has 1 heterocycles. The third kappa shape index (κ3) is 1.22. The molecule has 2 aliphatic rings. The van der Waals surface area contributed by atoms with Crippen LogP contribution in [-0.2, 0) is 9.59 Å². The number of fused-ring (bicyclic) bond motifs is 1. The van der Waals surface area contributed by atoms with E-state index in [1.165, 1.54) is 0 Å². The molecule has 1 saturated heterocycles. The van der Waals surface area contributed by atoms with Gasteiger partial charge in [0.25, 0.3) is 0 Å². The van der Waals surface area contributed by atoms with Gasteiger partial charge in [0.05, 0.1) is 0 Å². The van der Waals surface area contributed by atoms with E-state index in [9.17, 15) is 22.8 Å². The Balaban J connectivity index is 2.25. The monoisotopic (exact) mass is 223 g/mol. The third-order valence-electron chi connectivity index (χ3n) is 3.11. The molecule has 0 bridgehead atoms. The number of alkyl halides is 3. The van der Waals surface area contributed by atoms with Crippen molar-refractivity contribution in [2.45, 2.75) is 24.6 Å². The fourth-order valence-corrected chi connectivity index (χ4v) is 2.29. The lowest BCUT2D eigenvalue weighted by Crippen LogP contribution is -2.50. The summed E-state index contributed by atoms with van der Waals surface area (Å²) in [4.78, 5) is 22.3. The van der Waals surface area contributed by atoms with E-state index >= 15 is 0 Å². The molecule has 1 aliphatic carbocycles. The quantitative estimate of drug-likeness (QED) is 0.709. The molecular formula is C8H8F3NO3. The Labute approximate surface area is 82.7 Å². The van der Waals surface area contributed by atoms with E-state index in [2.05, 4.69) is 0 Å². The smallest absolute Gasteiger partial charge is 0.471 e. The van der Waals surface area contributed by atoms with Crippen molar-refractivity contribution in [3.8, 4) is 0 Å². The number of amides is 1. The Bertz CT molecular complexity index is 341. The number of hydrogen-bond donors (Lipinski definition) is 1. The molecular weight excluding hydrogens is 215 g/mol. The maximum Gasteiger partial charge on any atom is 0.471 e. The maximum atomic E-state index is 12.1. The van der Waals surface area contributed by atoms with Crippen LogP contribution < -0.4 is 0 Å². The van der Waals surface area contributed by atoms with Crippen LogP contribution in [0.3, 0.4) is 0 Å². The maximum absolute atomic E-state index is 12.1. The molecule has 4 nitrogen and oxygen atoms in total. The second-order valence-corrected chi connectivity index (χ2v) is 3.87. The Morgan fingerprint density at radius 3 is 2.40 bits per heavy atom. The molecule has 0 aromatic rings. The van der Waals surface area contributed by atoms with Crippen LogP contribution in [0.2, 0.25) is 0 Å².